The van der Waals surface area contributed by atoms with E-state index in [1.807, 2.05) is 0 Å². The lowest BCUT2D eigenvalue weighted by atomic mass is 9.73. The van der Waals surface area contributed by atoms with Crippen LogP contribution in [0.2, 0.25) is 0 Å². The molecule has 0 radical (unpaired) electrons. The van der Waals surface area contributed by atoms with Gasteiger partial charge in [-0.3, -0.25) is 4.90 Å². The number of fused-ring (bicyclic) bond motifs is 6. The maximum atomic E-state index is 5.66. The van der Waals surface area contributed by atoms with Crippen molar-refractivity contribution in [2.45, 2.75) is 51.1 Å². The molecule has 4 heterocycles. The molecule has 0 amide bonds. The smallest absolute Gasteiger partial charge is 0.161 e. The fraction of sp³-hybridized carbons (Fsp3) is 0.517. The molecule has 6 rings (SSSR count). The number of para-hydroxylation sites is 1. The van der Waals surface area contributed by atoms with Crippen LogP contribution in [0.15, 0.2) is 36.4 Å². The van der Waals surface area contributed by atoms with Gasteiger partial charge in [0.2, 0.25) is 0 Å². The monoisotopic (exact) mass is 459 g/mol. The molecule has 0 spiro atoms. The Balaban J connectivity index is 1.30. The van der Waals surface area contributed by atoms with Crippen LogP contribution in [-0.4, -0.2) is 43.7 Å². The molecule has 0 saturated carbocycles. The van der Waals surface area contributed by atoms with E-state index in [1.165, 1.54) is 60.1 Å². The van der Waals surface area contributed by atoms with Crippen molar-refractivity contribution in [2.24, 2.45) is 11.8 Å². The highest BCUT2D eigenvalue weighted by Gasteiger charge is 2.40. The molecule has 2 aromatic carbocycles. The van der Waals surface area contributed by atoms with Gasteiger partial charge in [-0.15, -0.1) is 0 Å². The number of hydrogen-bond donors (Lipinski definition) is 2. The van der Waals surface area contributed by atoms with Gasteiger partial charge in [0.1, 0.15) is 0 Å². The highest BCUT2D eigenvalue weighted by Crippen LogP contribution is 2.47. The van der Waals surface area contributed by atoms with Crippen LogP contribution in [0.4, 0.5) is 0 Å². The number of rotatable bonds is 5. The number of nitrogens with one attached hydrogen (secondary N) is 2. The second kappa shape index (κ2) is 8.94. The van der Waals surface area contributed by atoms with Crippen molar-refractivity contribution in [1.29, 1.82) is 0 Å². The molecule has 1 aromatic heterocycles. The summed E-state index contributed by atoms with van der Waals surface area (Å²) in [5, 5.41) is 5.28. The van der Waals surface area contributed by atoms with Crippen LogP contribution < -0.4 is 14.8 Å². The molecule has 4 atom stereocenters. The van der Waals surface area contributed by atoms with Gasteiger partial charge in [-0.2, -0.15) is 0 Å². The van der Waals surface area contributed by atoms with Crippen molar-refractivity contribution < 1.29 is 9.47 Å². The normalized spacial score (nSPS) is 26.6. The van der Waals surface area contributed by atoms with Crippen LogP contribution >= 0.6 is 0 Å². The van der Waals surface area contributed by atoms with E-state index in [2.05, 4.69) is 58.5 Å². The molecule has 34 heavy (non-hydrogen) atoms. The first-order chi connectivity index (χ1) is 16.7. The lowest BCUT2D eigenvalue weighted by molar-refractivity contribution is 0.0421. The summed E-state index contributed by atoms with van der Waals surface area (Å²) >= 11 is 0. The van der Waals surface area contributed by atoms with Crippen molar-refractivity contribution in [3.8, 4) is 11.5 Å². The molecule has 3 aromatic rings. The van der Waals surface area contributed by atoms with Crippen LogP contribution in [0.3, 0.4) is 0 Å². The third-order valence-electron chi connectivity index (χ3n) is 8.80. The fourth-order valence-electron chi connectivity index (χ4n) is 7.02. The van der Waals surface area contributed by atoms with Crippen molar-refractivity contribution in [3.63, 3.8) is 0 Å². The summed E-state index contributed by atoms with van der Waals surface area (Å²) in [6.45, 7) is 5.81. The summed E-state index contributed by atoms with van der Waals surface area (Å²) < 4.78 is 11.2. The van der Waals surface area contributed by atoms with Gasteiger partial charge in [0.15, 0.2) is 11.5 Å². The van der Waals surface area contributed by atoms with Gasteiger partial charge in [-0.25, -0.2) is 0 Å². The molecule has 0 bridgehead atoms. The summed E-state index contributed by atoms with van der Waals surface area (Å²) in [4.78, 5) is 6.59. The largest absolute Gasteiger partial charge is 0.493 e. The summed E-state index contributed by atoms with van der Waals surface area (Å²) in [5.74, 6) is 3.12. The maximum absolute atomic E-state index is 5.66. The fourth-order valence-corrected chi connectivity index (χ4v) is 7.02. The number of ether oxygens (including phenoxy) is 2. The van der Waals surface area contributed by atoms with Gasteiger partial charge in [0.25, 0.3) is 0 Å². The molecule has 2 N–H and O–H groups in total. The zero-order chi connectivity index (χ0) is 23.2. The topological polar surface area (TPSA) is 49.5 Å². The molecule has 3 aliphatic rings. The zero-order valence-electron chi connectivity index (χ0n) is 20.7. The third-order valence-corrected chi connectivity index (χ3v) is 8.80. The van der Waals surface area contributed by atoms with Crippen LogP contribution in [0.1, 0.15) is 60.7 Å². The van der Waals surface area contributed by atoms with E-state index < -0.39 is 0 Å². The first kappa shape index (κ1) is 22.0. The Morgan fingerprint density at radius 3 is 2.68 bits per heavy atom. The van der Waals surface area contributed by atoms with Crippen LogP contribution in [0.5, 0.6) is 11.5 Å². The van der Waals surface area contributed by atoms with E-state index in [0.29, 0.717) is 18.0 Å². The lowest BCUT2D eigenvalue weighted by Gasteiger charge is -2.47. The van der Waals surface area contributed by atoms with Gasteiger partial charge in [0, 0.05) is 35.7 Å². The number of aromatic amines is 1. The van der Waals surface area contributed by atoms with E-state index in [-0.39, 0.29) is 0 Å². The Kier molecular flexibility index (Phi) is 5.78. The molecule has 3 aliphatic heterocycles. The molecule has 180 valence electrons. The summed E-state index contributed by atoms with van der Waals surface area (Å²) in [6, 6.07) is 14.1. The second-order valence-electron chi connectivity index (χ2n) is 10.4. The standard InChI is InChI=1S/C29H37N3O2/c1-4-18-17-32-12-10-22-21-7-5-6-8-24(21)31-29(22)26(32)14-20(18)13-25-23-16-28(34-3)27(33-2)15-19(23)9-11-30-25/h5-8,15-16,18,20,25-26,30-31H,4,9-14,17H2,1-3H3/t18-,20+,25+,26+/m1/s1. The number of nitrogens with zero attached hydrogens (tertiary/aromatic N) is 1. The van der Waals surface area contributed by atoms with Gasteiger partial charge in [0.05, 0.1) is 20.3 Å². The van der Waals surface area contributed by atoms with Crippen molar-refractivity contribution >= 4 is 10.9 Å². The van der Waals surface area contributed by atoms with Crippen molar-refractivity contribution in [2.75, 3.05) is 33.9 Å². The van der Waals surface area contributed by atoms with E-state index in [4.69, 9.17) is 9.47 Å². The second-order valence-corrected chi connectivity index (χ2v) is 10.4. The summed E-state index contributed by atoms with van der Waals surface area (Å²) in [6.07, 6.45) is 5.87. The van der Waals surface area contributed by atoms with Gasteiger partial charge >= 0.3 is 0 Å². The van der Waals surface area contributed by atoms with Crippen molar-refractivity contribution in [3.05, 3.63) is 58.8 Å². The highest BCUT2D eigenvalue weighted by molar-refractivity contribution is 5.85. The lowest BCUT2D eigenvalue weighted by Crippen LogP contribution is -2.46. The Labute approximate surface area is 202 Å². The average Bonchev–Trinajstić information content (AvgIpc) is 3.27. The minimum absolute atomic E-state index is 0.375. The van der Waals surface area contributed by atoms with E-state index in [9.17, 15) is 0 Å². The first-order valence-electron chi connectivity index (χ1n) is 13.0. The van der Waals surface area contributed by atoms with Gasteiger partial charge < -0.3 is 19.8 Å². The number of methoxy groups -OCH3 is 2. The molecule has 5 nitrogen and oxygen atoms in total. The molecular weight excluding hydrogens is 422 g/mol. The SMILES string of the molecule is CC[C@@H]1CN2CCc3c([nH]c4ccccc34)[C@@H]2C[C@@H]1C[C@@H]1NCCc2cc(OC)c(OC)cc21. The quantitative estimate of drug-likeness (QED) is 0.536. The highest BCUT2D eigenvalue weighted by atomic mass is 16.5. The average molecular weight is 460 g/mol. The molecular formula is C29H37N3O2. The van der Waals surface area contributed by atoms with Gasteiger partial charge in [-0.1, -0.05) is 31.5 Å². The summed E-state index contributed by atoms with van der Waals surface area (Å²) in [7, 11) is 3.46. The number of piperidine rings is 1. The first-order valence-corrected chi connectivity index (χ1v) is 13.0. The van der Waals surface area contributed by atoms with E-state index >= 15 is 0 Å². The number of benzene rings is 2. The molecule has 0 unspecified atom stereocenters. The maximum Gasteiger partial charge on any atom is 0.161 e. The number of hydrogen-bond acceptors (Lipinski definition) is 4. The predicted molar refractivity (Wildman–Crippen MR) is 137 cm³/mol. The Morgan fingerprint density at radius 1 is 1.03 bits per heavy atom. The van der Waals surface area contributed by atoms with Crippen molar-refractivity contribution in [1.82, 2.24) is 15.2 Å². The van der Waals surface area contributed by atoms with E-state index in [1.54, 1.807) is 19.8 Å². The number of aromatic nitrogens is 1. The molecule has 1 fully saturated rings. The van der Waals surface area contributed by atoms with Crippen LogP contribution in [0.25, 0.3) is 10.9 Å². The molecule has 0 aliphatic carbocycles. The molecule has 1 saturated heterocycles. The minimum Gasteiger partial charge on any atom is -0.493 e. The Morgan fingerprint density at radius 2 is 1.85 bits per heavy atom. The predicted octanol–water partition coefficient (Wildman–Crippen LogP) is 5.41. The summed E-state index contributed by atoms with van der Waals surface area (Å²) in [5.41, 5.74) is 7.14. The molecule has 5 heteroatoms. The zero-order valence-corrected chi connectivity index (χ0v) is 20.7. The van der Waals surface area contributed by atoms with E-state index in [0.717, 1.165) is 36.8 Å². The van der Waals surface area contributed by atoms with Crippen LogP contribution in [-0.2, 0) is 12.8 Å². The number of H-pyrrole nitrogens is 1. The van der Waals surface area contributed by atoms with Crippen LogP contribution in [0, 0.1) is 11.8 Å². The Hall–Kier alpha value is -2.50. The minimum atomic E-state index is 0.375. The Bertz CT molecular complexity index is 1190. The van der Waals surface area contributed by atoms with Gasteiger partial charge in [-0.05, 0) is 79.0 Å². The third kappa shape index (κ3) is 3.61.